The highest BCUT2D eigenvalue weighted by Crippen LogP contribution is 2.48. The molecule has 1 heterocycles. The third-order valence-corrected chi connectivity index (χ3v) is 8.62. The fraction of sp³-hybridized carbons (Fsp3) is 0.167. The third kappa shape index (κ3) is 5.12. The second-order valence-corrected chi connectivity index (χ2v) is 11.7. The lowest BCUT2D eigenvalue weighted by atomic mass is 9.64. The molecule has 39 heavy (non-hydrogen) atoms. The molecule has 7 nitrogen and oxygen atoms in total. The first-order valence-electron chi connectivity index (χ1n) is 12.4. The molecule has 0 unspecified atom stereocenters. The molecule has 0 bridgehead atoms. The van der Waals surface area contributed by atoms with Crippen LogP contribution in [0.4, 0.5) is 0 Å². The van der Waals surface area contributed by atoms with Gasteiger partial charge in [-0.05, 0) is 59.4 Å². The standard InChI is InChI=1S/C30H27ClNO6P/c31-26-12-5-4-11-24(26)27(33)16-15-25-29(35)32-30(25,20-8-2-1-3-9-20)21-13-14-23(28(34)18-21)19-7-6-10-22(17-19)39(36,37)38/h1-14,17-18,25,27,33-34H,15-16H2,(H,32,35)(H2,36,37,38)/t25-,27-,30-/m0/s1. The lowest BCUT2D eigenvalue weighted by Gasteiger charge is -2.50. The summed E-state index contributed by atoms with van der Waals surface area (Å²) in [6, 6.07) is 27.4. The van der Waals surface area contributed by atoms with Gasteiger partial charge in [0.1, 0.15) is 11.3 Å². The van der Waals surface area contributed by atoms with Crippen LogP contribution in [0.2, 0.25) is 5.02 Å². The minimum Gasteiger partial charge on any atom is -0.507 e. The van der Waals surface area contributed by atoms with Crippen LogP contribution in [0.25, 0.3) is 11.1 Å². The van der Waals surface area contributed by atoms with Crippen molar-refractivity contribution in [3.05, 3.63) is 119 Å². The van der Waals surface area contributed by atoms with Crippen molar-refractivity contribution < 1.29 is 29.4 Å². The second kappa shape index (κ2) is 10.6. The van der Waals surface area contributed by atoms with Gasteiger partial charge in [-0.3, -0.25) is 9.36 Å². The number of phenolic OH excluding ortho intramolecular Hbond substituents is 1. The van der Waals surface area contributed by atoms with Gasteiger partial charge in [0.05, 0.1) is 17.3 Å². The summed E-state index contributed by atoms with van der Waals surface area (Å²) in [5.41, 5.74) is 1.99. The summed E-state index contributed by atoms with van der Waals surface area (Å²) in [5, 5.41) is 25.3. The molecule has 0 spiro atoms. The van der Waals surface area contributed by atoms with Gasteiger partial charge < -0.3 is 25.3 Å². The van der Waals surface area contributed by atoms with Crippen molar-refractivity contribution >= 4 is 30.4 Å². The van der Waals surface area contributed by atoms with Crippen molar-refractivity contribution in [2.45, 2.75) is 24.5 Å². The molecular weight excluding hydrogens is 537 g/mol. The van der Waals surface area contributed by atoms with Gasteiger partial charge in [0, 0.05) is 10.6 Å². The van der Waals surface area contributed by atoms with E-state index in [1.807, 2.05) is 30.3 Å². The number of aliphatic hydroxyl groups is 1. The Bertz CT molecular complexity index is 1570. The smallest absolute Gasteiger partial charge is 0.356 e. The number of rotatable bonds is 8. The minimum absolute atomic E-state index is 0.0957. The molecular formula is C30H27ClNO6P. The van der Waals surface area contributed by atoms with Crippen LogP contribution < -0.4 is 10.6 Å². The number of aromatic hydroxyl groups is 1. The monoisotopic (exact) mass is 563 g/mol. The number of hydrogen-bond donors (Lipinski definition) is 5. The zero-order valence-corrected chi connectivity index (χ0v) is 22.4. The second-order valence-electron chi connectivity index (χ2n) is 9.66. The molecule has 4 aromatic rings. The summed E-state index contributed by atoms with van der Waals surface area (Å²) in [4.78, 5) is 32.1. The zero-order chi connectivity index (χ0) is 27.8. The van der Waals surface area contributed by atoms with Gasteiger partial charge in [-0.15, -0.1) is 0 Å². The molecule has 0 saturated carbocycles. The summed E-state index contributed by atoms with van der Waals surface area (Å²) in [7, 11) is -4.47. The van der Waals surface area contributed by atoms with E-state index < -0.39 is 25.2 Å². The van der Waals surface area contributed by atoms with Crippen molar-refractivity contribution in [1.29, 1.82) is 0 Å². The number of amides is 1. The molecule has 0 aromatic heterocycles. The van der Waals surface area contributed by atoms with Gasteiger partial charge in [-0.1, -0.05) is 84.4 Å². The highest BCUT2D eigenvalue weighted by atomic mass is 35.5. The molecule has 1 saturated heterocycles. The van der Waals surface area contributed by atoms with Crippen LogP contribution in [0.3, 0.4) is 0 Å². The van der Waals surface area contributed by atoms with Gasteiger partial charge in [0.25, 0.3) is 0 Å². The van der Waals surface area contributed by atoms with Crippen molar-refractivity contribution in [2.24, 2.45) is 5.92 Å². The van der Waals surface area contributed by atoms with Gasteiger partial charge in [-0.2, -0.15) is 0 Å². The number of benzene rings is 4. The minimum atomic E-state index is -4.47. The average Bonchev–Trinajstić information content (AvgIpc) is 2.91. The Morgan fingerprint density at radius 2 is 1.62 bits per heavy atom. The molecule has 4 aromatic carbocycles. The fourth-order valence-corrected chi connectivity index (χ4v) is 6.20. The molecule has 1 aliphatic heterocycles. The first-order valence-corrected chi connectivity index (χ1v) is 14.4. The van der Waals surface area contributed by atoms with E-state index in [1.165, 1.54) is 18.2 Å². The molecule has 200 valence electrons. The Balaban J connectivity index is 1.51. The van der Waals surface area contributed by atoms with E-state index in [0.717, 1.165) is 5.56 Å². The van der Waals surface area contributed by atoms with Crippen LogP contribution in [-0.4, -0.2) is 25.9 Å². The maximum atomic E-state index is 13.0. The lowest BCUT2D eigenvalue weighted by molar-refractivity contribution is -0.140. The maximum Gasteiger partial charge on any atom is 0.356 e. The molecule has 9 heteroatoms. The average molecular weight is 564 g/mol. The van der Waals surface area contributed by atoms with Gasteiger partial charge in [0.15, 0.2) is 0 Å². The number of halogens is 1. The van der Waals surface area contributed by atoms with E-state index in [9.17, 15) is 29.4 Å². The van der Waals surface area contributed by atoms with E-state index in [-0.39, 0.29) is 17.0 Å². The number of phenols is 1. The number of nitrogens with one attached hydrogen (secondary N) is 1. The quantitative estimate of drug-likeness (QED) is 0.151. The predicted molar refractivity (Wildman–Crippen MR) is 150 cm³/mol. The van der Waals surface area contributed by atoms with Gasteiger partial charge >= 0.3 is 7.60 Å². The van der Waals surface area contributed by atoms with Gasteiger partial charge in [-0.25, -0.2) is 0 Å². The number of aliphatic hydroxyl groups excluding tert-OH is 1. The maximum absolute atomic E-state index is 13.0. The Labute approximate surface area is 230 Å². The normalized spacial score (nSPS) is 19.7. The lowest BCUT2D eigenvalue weighted by Crippen LogP contribution is -2.67. The van der Waals surface area contributed by atoms with E-state index in [1.54, 1.807) is 48.5 Å². The molecule has 5 rings (SSSR count). The van der Waals surface area contributed by atoms with Crippen LogP contribution in [0.5, 0.6) is 5.75 Å². The third-order valence-electron chi connectivity index (χ3n) is 7.33. The number of carbonyl (C=O) groups excluding carboxylic acids is 1. The van der Waals surface area contributed by atoms with E-state index in [2.05, 4.69) is 5.32 Å². The number of carbonyl (C=O) groups is 1. The fourth-order valence-electron chi connectivity index (χ4n) is 5.35. The van der Waals surface area contributed by atoms with Crippen molar-refractivity contribution in [3.63, 3.8) is 0 Å². The first-order chi connectivity index (χ1) is 18.6. The van der Waals surface area contributed by atoms with Crippen molar-refractivity contribution in [1.82, 2.24) is 5.32 Å². The molecule has 0 radical (unpaired) electrons. The highest BCUT2D eigenvalue weighted by Gasteiger charge is 2.55. The van der Waals surface area contributed by atoms with Crippen LogP contribution in [0.15, 0.2) is 97.1 Å². The summed E-state index contributed by atoms with van der Waals surface area (Å²) in [6.45, 7) is 0. The van der Waals surface area contributed by atoms with E-state index in [0.29, 0.717) is 40.1 Å². The highest BCUT2D eigenvalue weighted by molar-refractivity contribution is 7.60. The van der Waals surface area contributed by atoms with E-state index in [4.69, 9.17) is 11.6 Å². The van der Waals surface area contributed by atoms with Crippen molar-refractivity contribution in [2.75, 3.05) is 0 Å². The zero-order valence-electron chi connectivity index (χ0n) is 20.7. The molecule has 1 amide bonds. The topological polar surface area (TPSA) is 127 Å². The molecule has 0 aliphatic carbocycles. The SMILES string of the molecule is O=C1N[C@@](c2ccccc2)(c2ccc(-c3cccc(P(=O)(O)O)c3)c(O)c2)[C@H]1CC[C@H](O)c1ccccc1Cl. The van der Waals surface area contributed by atoms with Crippen LogP contribution in [-0.2, 0) is 14.9 Å². The van der Waals surface area contributed by atoms with Gasteiger partial charge in [0.2, 0.25) is 5.91 Å². The Hall–Kier alpha value is -3.45. The molecule has 5 N–H and O–H groups in total. The summed E-state index contributed by atoms with van der Waals surface area (Å²) >= 11 is 6.27. The molecule has 1 fully saturated rings. The Kier molecular flexibility index (Phi) is 7.38. The number of β-lactam (4-membered cyclic amide) rings is 1. The molecule has 3 atom stereocenters. The summed E-state index contributed by atoms with van der Waals surface area (Å²) < 4.78 is 11.7. The largest absolute Gasteiger partial charge is 0.507 e. The molecule has 1 aliphatic rings. The van der Waals surface area contributed by atoms with Crippen molar-refractivity contribution in [3.8, 4) is 16.9 Å². The Morgan fingerprint density at radius 3 is 2.28 bits per heavy atom. The Morgan fingerprint density at radius 1 is 0.897 bits per heavy atom. The van der Waals surface area contributed by atoms with Crippen LogP contribution in [0.1, 0.15) is 35.6 Å². The summed E-state index contributed by atoms with van der Waals surface area (Å²) in [5.74, 6) is -0.787. The number of hydrogen-bond acceptors (Lipinski definition) is 4. The summed E-state index contributed by atoms with van der Waals surface area (Å²) in [6.07, 6.45) is -0.187. The van der Waals surface area contributed by atoms with Crippen LogP contribution >= 0.6 is 19.2 Å². The predicted octanol–water partition coefficient (Wildman–Crippen LogP) is 5.02. The van der Waals surface area contributed by atoms with Crippen LogP contribution in [0, 0.1) is 5.92 Å². The van der Waals surface area contributed by atoms with E-state index >= 15 is 0 Å². The first kappa shape index (κ1) is 27.1.